The molecule has 0 N–H and O–H groups in total. The molecule has 0 aliphatic carbocycles. The molecule has 0 aromatic heterocycles. The second-order valence-electron chi connectivity index (χ2n) is 4.23. The third-order valence-corrected chi connectivity index (χ3v) is 3.46. The Balaban J connectivity index is 2.58. The van der Waals surface area contributed by atoms with Gasteiger partial charge in [-0.2, -0.15) is 0 Å². The number of benzene rings is 1. The Kier molecular flexibility index (Phi) is 7.59. The zero-order valence-electron chi connectivity index (χ0n) is 10.4. The first-order valence-electron chi connectivity index (χ1n) is 5.85. The van der Waals surface area contributed by atoms with E-state index in [1.165, 1.54) is 12.1 Å². The van der Waals surface area contributed by atoms with Gasteiger partial charge in [-0.05, 0) is 24.1 Å². The van der Waals surface area contributed by atoms with E-state index in [1.54, 1.807) is 12.1 Å². The van der Waals surface area contributed by atoms with Gasteiger partial charge in [0.2, 0.25) is 0 Å². The minimum absolute atomic E-state index is 0.00473. The van der Waals surface area contributed by atoms with Crippen LogP contribution in [0.15, 0.2) is 24.3 Å². The molecule has 0 spiro atoms. The van der Waals surface area contributed by atoms with Crippen LogP contribution in [0.4, 0.5) is 4.39 Å². The van der Waals surface area contributed by atoms with E-state index in [-0.39, 0.29) is 18.8 Å². The molecule has 1 unspecified atom stereocenters. The van der Waals surface area contributed by atoms with Crippen LogP contribution in [0.1, 0.15) is 18.4 Å². The molecule has 0 amide bonds. The normalized spacial score (nSPS) is 13.1. The van der Waals surface area contributed by atoms with Crippen molar-refractivity contribution in [2.45, 2.75) is 23.2 Å². The molecule has 0 heterocycles. The first-order chi connectivity index (χ1) is 9.31. The van der Waals surface area contributed by atoms with Gasteiger partial charge in [0.05, 0.1) is 5.92 Å². The number of hydrogen-bond acceptors (Lipinski definition) is 2. The molecule has 0 saturated heterocycles. The van der Waals surface area contributed by atoms with E-state index in [4.69, 9.17) is 39.5 Å². The monoisotopic (exact) mass is 404 g/mol. The molecule has 1 aromatic rings. The highest BCUT2D eigenvalue weighted by molar-refractivity contribution is 9.09. The molecule has 1 rings (SSSR count). The lowest BCUT2D eigenvalue weighted by molar-refractivity contribution is -0.150. The van der Waals surface area contributed by atoms with Crippen molar-refractivity contribution in [2.75, 3.05) is 5.33 Å². The summed E-state index contributed by atoms with van der Waals surface area (Å²) in [6, 6.07) is 5.85. The molecule has 0 bridgehead atoms. The minimum atomic E-state index is -1.51. The van der Waals surface area contributed by atoms with Crippen molar-refractivity contribution in [1.82, 2.24) is 0 Å². The van der Waals surface area contributed by atoms with Crippen LogP contribution in [0.2, 0.25) is 0 Å². The van der Waals surface area contributed by atoms with Gasteiger partial charge in [-0.1, -0.05) is 62.9 Å². The van der Waals surface area contributed by atoms with Crippen molar-refractivity contribution in [3.8, 4) is 0 Å². The predicted molar refractivity (Wildman–Crippen MR) is 83.0 cm³/mol. The fourth-order valence-electron chi connectivity index (χ4n) is 1.61. The Labute approximate surface area is 140 Å². The Hall–Kier alpha value is -0.0300. The van der Waals surface area contributed by atoms with E-state index in [2.05, 4.69) is 15.9 Å². The van der Waals surface area contributed by atoms with Crippen molar-refractivity contribution in [3.05, 3.63) is 35.6 Å². The van der Waals surface area contributed by atoms with Crippen molar-refractivity contribution < 1.29 is 13.9 Å². The lowest BCUT2D eigenvalue weighted by Crippen LogP contribution is -2.23. The first-order valence-corrected chi connectivity index (χ1v) is 8.11. The summed E-state index contributed by atoms with van der Waals surface area (Å²) in [5.41, 5.74) is 0.574. The standard InChI is InChI=1S/C13H13BrCl3FO2/c14-5-4-10(7-13(15,16)17)12(19)20-8-9-2-1-3-11(18)6-9/h1-3,6,10H,4-5,7-8H2. The SMILES string of the molecule is O=C(OCc1cccc(F)c1)C(CCBr)CC(Cl)(Cl)Cl. The summed E-state index contributed by atoms with van der Waals surface area (Å²) in [5, 5.41) is 0.591. The van der Waals surface area contributed by atoms with Crippen LogP contribution >= 0.6 is 50.7 Å². The molecule has 20 heavy (non-hydrogen) atoms. The molecule has 1 aromatic carbocycles. The molecule has 1 atom stereocenters. The van der Waals surface area contributed by atoms with Crippen molar-refractivity contribution in [2.24, 2.45) is 5.92 Å². The van der Waals surface area contributed by atoms with Gasteiger partial charge in [0, 0.05) is 11.8 Å². The third kappa shape index (κ3) is 7.11. The summed E-state index contributed by atoms with van der Waals surface area (Å²) in [6.45, 7) is -0.00473. The molecule has 0 saturated carbocycles. The topological polar surface area (TPSA) is 26.3 Å². The smallest absolute Gasteiger partial charge is 0.309 e. The van der Waals surface area contributed by atoms with Gasteiger partial charge in [-0.25, -0.2) is 4.39 Å². The number of rotatable bonds is 6. The van der Waals surface area contributed by atoms with Crippen molar-refractivity contribution in [3.63, 3.8) is 0 Å². The number of hydrogen-bond donors (Lipinski definition) is 0. The lowest BCUT2D eigenvalue weighted by Gasteiger charge is -2.19. The maximum absolute atomic E-state index is 13.0. The van der Waals surface area contributed by atoms with E-state index in [1.807, 2.05) is 0 Å². The maximum atomic E-state index is 13.0. The molecular weight excluding hydrogens is 393 g/mol. The molecule has 0 fully saturated rings. The fourth-order valence-corrected chi connectivity index (χ4v) is 2.72. The van der Waals surface area contributed by atoms with Gasteiger partial charge in [-0.15, -0.1) is 0 Å². The minimum Gasteiger partial charge on any atom is -0.461 e. The Morgan fingerprint density at radius 3 is 2.65 bits per heavy atom. The van der Waals surface area contributed by atoms with Crippen LogP contribution in [0.5, 0.6) is 0 Å². The van der Waals surface area contributed by atoms with Gasteiger partial charge in [0.15, 0.2) is 3.79 Å². The Morgan fingerprint density at radius 2 is 2.10 bits per heavy atom. The van der Waals surface area contributed by atoms with E-state index < -0.39 is 15.7 Å². The van der Waals surface area contributed by atoms with Crippen molar-refractivity contribution >= 4 is 56.7 Å². The number of esters is 1. The highest BCUT2D eigenvalue weighted by Crippen LogP contribution is 2.35. The number of alkyl halides is 4. The van der Waals surface area contributed by atoms with E-state index in [0.29, 0.717) is 17.3 Å². The summed E-state index contributed by atoms with van der Waals surface area (Å²) < 4.78 is 16.6. The second kappa shape index (κ2) is 8.42. The highest BCUT2D eigenvalue weighted by atomic mass is 79.9. The largest absolute Gasteiger partial charge is 0.461 e. The summed E-state index contributed by atoms with van der Waals surface area (Å²) in [6.07, 6.45) is 0.571. The number of halogens is 5. The lowest BCUT2D eigenvalue weighted by atomic mass is 10.0. The fraction of sp³-hybridized carbons (Fsp3) is 0.462. The van der Waals surface area contributed by atoms with E-state index >= 15 is 0 Å². The third-order valence-electron chi connectivity index (χ3n) is 2.54. The summed E-state index contributed by atoms with van der Waals surface area (Å²) in [7, 11) is 0. The van der Waals surface area contributed by atoms with Crippen LogP contribution in [-0.2, 0) is 16.1 Å². The molecule has 7 heteroatoms. The van der Waals surface area contributed by atoms with Crippen molar-refractivity contribution in [1.29, 1.82) is 0 Å². The van der Waals surface area contributed by atoms with E-state index in [9.17, 15) is 9.18 Å². The number of carbonyl (C=O) groups is 1. The highest BCUT2D eigenvalue weighted by Gasteiger charge is 2.30. The number of ether oxygens (including phenoxy) is 1. The van der Waals surface area contributed by atoms with Gasteiger partial charge in [0.1, 0.15) is 12.4 Å². The van der Waals surface area contributed by atoms with Crippen LogP contribution in [0.25, 0.3) is 0 Å². The molecule has 0 radical (unpaired) electrons. The average molecular weight is 407 g/mol. The Bertz CT molecular complexity index is 451. The zero-order chi connectivity index (χ0) is 15.2. The van der Waals surface area contributed by atoms with Crippen LogP contribution in [-0.4, -0.2) is 15.1 Å². The molecule has 2 nitrogen and oxygen atoms in total. The van der Waals surface area contributed by atoms with Crippen LogP contribution in [0.3, 0.4) is 0 Å². The summed E-state index contributed by atoms with van der Waals surface area (Å²) >= 11 is 20.4. The van der Waals surface area contributed by atoms with E-state index in [0.717, 1.165) is 0 Å². The zero-order valence-corrected chi connectivity index (χ0v) is 14.3. The van der Waals surface area contributed by atoms with Gasteiger partial charge in [-0.3, -0.25) is 4.79 Å². The molecular formula is C13H13BrCl3FO2. The van der Waals surface area contributed by atoms with Gasteiger partial charge in [0.25, 0.3) is 0 Å². The van der Waals surface area contributed by atoms with Gasteiger partial charge >= 0.3 is 5.97 Å². The Morgan fingerprint density at radius 1 is 1.40 bits per heavy atom. The van der Waals surface area contributed by atoms with Gasteiger partial charge < -0.3 is 4.74 Å². The van der Waals surface area contributed by atoms with Crippen LogP contribution in [0, 0.1) is 11.7 Å². The summed E-state index contributed by atoms with van der Waals surface area (Å²) in [5.74, 6) is -1.35. The molecule has 0 aliphatic rings. The van der Waals surface area contributed by atoms with Crippen LogP contribution < -0.4 is 0 Å². The number of carbonyl (C=O) groups excluding carboxylic acids is 1. The second-order valence-corrected chi connectivity index (χ2v) is 7.54. The maximum Gasteiger partial charge on any atom is 0.309 e. The predicted octanol–water partition coefficient (Wildman–Crippen LogP) is 5.03. The molecule has 0 aliphatic heterocycles. The average Bonchev–Trinajstić information content (AvgIpc) is 2.34. The summed E-state index contributed by atoms with van der Waals surface area (Å²) in [4.78, 5) is 12.0. The quantitative estimate of drug-likeness (QED) is 0.489. The molecule has 112 valence electrons. The first kappa shape index (κ1) is 18.0.